The molecule has 0 fully saturated rings. The maximum Gasteiger partial charge on any atom is 0.338 e. The van der Waals surface area contributed by atoms with Crippen molar-refractivity contribution in [2.45, 2.75) is 6.92 Å². The highest BCUT2D eigenvalue weighted by Gasteiger charge is 2.11. The highest BCUT2D eigenvalue weighted by molar-refractivity contribution is 5.90. The largest absolute Gasteiger partial charge is 0.465 e. The summed E-state index contributed by atoms with van der Waals surface area (Å²) in [5, 5.41) is 4.42. The van der Waals surface area contributed by atoms with E-state index in [2.05, 4.69) is 10.1 Å². The van der Waals surface area contributed by atoms with Crippen LogP contribution in [0.3, 0.4) is 0 Å². The smallest absolute Gasteiger partial charge is 0.338 e. The van der Waals surface area contributed by atoms with Gasteiger partial charge in [-0.15, -0.1) is 5.10 Å². The van der Waals surface area contributed by atoms with Gasteiger partial charge in [-0.1, -0.05) is 24.3 Å². The van der Waals surface area contributed by atoms with Crippen molar-refractivity contribution >= 4 is 11.6 Å². The molecule has 2 heterocycles. The molecule has 0 saturated carbocycles. The van der Waals surface area contributed by atoms with Crippen LogP contribution in [0.25, 0.3) is 17.0 Å². The molecule has 2 aromatic heterocycles. The molecule has 3 aromatic rings. The van der Waals surface area contributed by atoms with E-state index < -0.39 is 0 Å². The number of aromatic nitrogens is 3. The third-order valence-electron chi connectivity index (χ3n) is 3.14. The van der Waals surface area contributed by atoms with Crippen molar-refractivity contribution in [3.05, 3.63) is 53.7 Å². The predicted molar refractivity (Wildman–Crippen MR) is 74.5 cm³/mol. The molecule has 0 aliphatic heterocycles. The molecule has 5 nitrogen and oxygen atoms in total. The van der Waals surface area contributed by atoms with Crippen molar-refractivity contribution in [3.8, 4) is 11.4 Å². The van der Waals surface area contributed by atoms with Crippen LogP contribution in [0.15, 0.2) is 42.6 Å². The summed E-state index contributed by atoms with van der Waals surface area (Å²) < 4.78 is 6.35. The molecule has 5 heteroatoms. The molecule has 0 N–H and O–H groups in total. The molecular weight excluding hydrogens is 254 g/mol. The molecule has 0 spiro atoms. The van der Waals surface area contributed by atoms with Gasteiger partial charge >= 0.3 is 5.97 Å². The summed E-state index contributed by atoms with van der Waals surface area (Å²) in [7, 11) is 1.36. The average molecular weight is 267 g/mol. The number of hydrogen-bond acceptors (Lipinski definition) is 4. The zero-order chi connectivity index (χ0) is 14.1. The molecule has 100 valence electrons. The van der Waals surface area contributed by atoms with Crippen molar-refractivity contribution in [3.63, 3.8) is 0 Å². The normalized spacial score (nSPS) is 10.7. The zero-order valence-electron chi connectivity index (χ0n) is 11.2. The first-order valence-electron chi connectivity index (χ1n) is 6.20. The van der Waals surface area contributed by atoms with E-state index in [0.29, 0.717) is 17.0 Å². The summed E-state index contributed by atoms with van der Waals surface area (Å²) in [6, 6.07) is 11.2. The van der Waals surface area contributed by atoms with E-state index in [1.165, 1.54) is 7.11 Å². The van der Waals surface area contributed by atoms with Gasteiger partial charge in [-0.05, 0) is 24.6 Å². The van der Waals surface area contributed by atoms with Crippen LogP contribution in [-0.2, 0) is 4.74 Å². The van der Waals surface area contributed by atoms with Gasteiger partial charge in [-0.2, -0.15) is 0 Å². The number of hydrogen-bond donors (Lipinski definition) is 0. The van der Waals surface area contributed by atoms with Gasteiger partial charge in [-0.25, -0.2) is 14.3 Å². The Morgan fingerprint density at radius 2 is 2.05 bits per heavy atom. The first-order chi connectivity index (χ1) is 9.69. The lowest BCUT2D eigenvalue weighted by Crippen LogP contribution is -2.02. The Morgan fingerprint density at radius 3 is 2.80 bits per heavy atom. The topological polar surface area (TPSA) is 56.5 Å². The van der Waals surface area contributed by atoms with E-state index in [1.807, 2.05) is 31.2 Å². The fraction of sp³-hybridized carbons (Fsp3) is 0.133. The van der Waals surface area contributed by atoms with Crippen LogP contribution in [-0.4, -0.2) is 27.7 Å². The Kier molecular flexibility index (Phi) is 2.95. The second-order valence-corrected chi connectivity index (χ2v) is 4.46. The fourth-order valence-electron chi connectivity index (χ4n) is 2.06. The molecule has 0 radical (unpaired) electrons. The van der Waals surface area contributed by atoms with Crippen molar-refractivity contribution in [1.82, 2.24) is 14.6 Å². The SMILES string of the molecule is COC(=O)c1ccn2nc(-c3ccccc3C)nc2c1. The Hall–Kier alpha value is -2.69. The number of nitrogens with zero attached hydrogens (tertiary/aromatic N) is 3. The van der Waals surface area contributed by atoms with Gasteiger partial charge < -0.3 is 4.74 Å². The van der Waals surface area contributed by atoms with E-state index in [4.69, 9.17) is 4.74 Å². The van der Waals surface area contributed by atoms with Crippen LogP contribution < -0.4 is 0 Å². The van der Waals surface area contributed by atoms with Crippen molar-refractivity contribution in [2.75, 3.05) is 7.11 Å². The molecule has 3 rings (SSSR count). The van der Waals surface area contributed by atoms with Crippen LogP contribution in [0.5, 0.6) is 0 Å². The number of ether oxygens (including phenoxy) is 1. The molecular formula is C15H13N3O2. The minimum Gasteiger partial charge on any atom is -0.465 e. The molecule has 0 bridgehead atoms. The van der Waals surface area contributed by atoms with E-state index in [0.717, 1.165) is 11.1 Å². The number of fused-ring (bicyclic) bond motifs is 1. The van der Waals surface area contributed by atoms with Crippen molar-refractivity contribution in [1.29, 1.82) is 0 Å². The van der Waals surface area contributed by atoms with E-state index in [9.17, 15) is 4.79 Å². The Balaban J connectivity index is 2.12. The molecule has 1 aromatic carbocycles. The predicted octanol–water partition coefficient (Wildman–Crippen LogP) is 2.49. The van der Waals surface area contributed by atoms with Gasteiger partial charge in [0.2, 0.25) is 0 Å². The number of rotatable bonds is 2. The summed E-state index contributed by atoms with van der Waals surface area (Å²) in [5.41, 5.74) is 3.17. The molecule has 20 heavy (non-hydrogen) atoms. The molecule has 0 aliphatic carbocycles. The zero-order valence-corrected chi connectivity index (χ0v) is 11.2. The van der Waals surface area contributed by atoms with Crippen LogP contribution >= 0.6 is 0 Å². The van der Waals surface area contributed by atoms with Gasteiger partial charge in [0.05, 0.1) is 12.7 Å². The summed E-state index contributed by atoms with van der Waals surface area (Å²) in [4.78, 5) is 16.0. The van der Waals surface area contributed by atoms with Gasteiger partial charge in [0.1, 0.15) is 0 Å². The van der Waals surface area contributed by atoms with E-state index >= 15 is 0 Å². The highest BCUT2D eigenvalue weighted by Crippen LogP contribution is 2.20. The number of benzene rings is 1. The number of carbonyl (C=O) groups excluding carboxylic acids is 1. The summed E-state index contributed by atoms with van der Waals surface area (Å²) in [5.74, 6) is 0.262. The molecule has 0 unspecified atom stereocenters. The quantitative estimate of drug-likeness (QED) is 0.669. The Bertz CT molecular complexity index is 793. The second kappa shape index (κ2) is 4.77. The van der Waals surface area contributed by atoms with Crippen LogP contribution in [0.4, 0.5) is 0 Å². The summed E-state index contributed by atoms with van der Waals surface area (Å²) in [6.45, 7) is 2.01. The highest BCUT2D eigenvalue weighted by atomic mass is 16.5. The lowest BCUT2D eigenvalue weighted by molar-refractivity contribution is 0.0600. The number of pyridine rings is 1. The third-order valence-corrected chi connectivity index (χ3v) is 3.14. The van der Waals surface area contributed by atoms with E-state index in [1.54, 1.807) is 22.8 Å². The Morgan fingerprint density at radius 1 is 1.25 bits per heavy atom. The molecule has 0 saturated heterocycles. The molecule has 0 aliphatic rings. The maximum atomic E-state index is 11.5. The third kappa shape index (κ3) is 2.03. The summed E-state index contributed by atoms with van der Waals surface area (Å²) in [6.07, 6.45) is 1.70. The van der Waals surface area contributed by atoms with E-state index in [-0.39, 0.29) is 5.97 Å². The molecule has 0 amide bonds. The standard InChI is InChI=1S/C15H13N3O2/c1-10-5-3-4-6-12(10)14-16-13-9-11(15(19)20-2)7-8-18(13)17-14/h3-9H,1-2H3. The van der Waals surface area contributed by atoms with Gasteiger partial charge in [0.25, 0.3) is 0 Å². The lowest BCUT2D eigenvalue weighted by atomic mass is 10.1. The fourth-order valence-corrected chi connectivity index (χ4v) is 2.06. The van der Waals surface area contributed by atoms with Gasteiger partial charge in [0.15, 0.2) is 11.5 Å². The van der Waals surface area contributed by atoms with Crippen LogP contribution in [0.2, 0.25) is 0 Å². The first kappa shape index (κ1) is 12.3. The van der Waals surface area contributed by atoms with Crippen LogP contribution in [0, 0.1) is 6.92 Å². The average Bonchev–Trinajstić information content (AvgIpc) is 2.89. The lowest BCUT2D eigenvalue weighted by Gasteiger charge is -1.98. The first-order valence-corrected chi connectivity index (χ1v) is 6.20. The van der Waals surface area contributed by atoms with Crippen molar-refractivity contribution < 1.29 is 9.53 Å². The minimum atomic E-state index is -0.382. The number of methoxy groups -OCH3 is 1. The minimum absolute atomic E-state index is 0.382. The van der Waals surface area contributed by atoms with Crippen molar-refractivity contribution in [2.24, 2.45) is 0 Å². The summed E-state index contributed by atoms with van der Waals surface area (Å²) >= 11 is 0. The maximum absolute atomic E-state index is 11.5. The van der Waals surface area contributed by atoms with Crippen LogP contribution in [0.1, 0.15) is 15.9 Å². The van der Waals surface area contributed by atoms with Gasteiger partial charge in [-0.3, -0.25) is 0 Å². The second-order valence-electron chi connectivity index (χ2n) is 4.46. The number of esters is 1. The number of carbonyl (C=O) groups is 1. The Labute approximate surface area is 115 Å². The molecule has 0 atom stereocenters. The monoisotopic (exact) mass is 267 g/mol. The van der Waals surface area contributed by atoms with Gasteiger partial charge in [0, 0.05) is 11.8 Å². The number of aryl methyl sites for hydroxylation is 1.